The van der Waals surface area contributed by atoms with Gasteiger partial charge in [0, 0.05) is 41.9 Å². The highest BCUT2D eigenvalue weighted by molar-refractivity contribution is 6.33. The number of aromatic hydroxyl groups is 1. The fourth-order valence-electron chi connectivity index (χ4n) is 4.36. The molecule has 2 heterocycles. The van der Waals surface area contributed by atoms with Gasteiger partial charge < -0.3 is 14.9 Å². The number of hydrogen-bond acceptors (Lipinski definition) is 5. The third kappa shape index (κ3) is 4.92. The molecule has 0 fully saturated rings. The van der Waals surface area contributed by atoms with Crippen molar-refractivity contribution >= 4 is 29.0 Å². The predicted molar refractivity (Wildman–Crippen MR) is 140 cm³/mol. The number of rotatable bonds is 6. The molecule has 0 unspecified atom stereocenters. The van der Waals surface area contributed by atoms with Crippen LogP contribution >= 0.6 is 11.6 Å². The molecule has 0 spiro atoms. The number of phenols is 1. The lowest BCUT2D eigenvalue weighted by molar-refractivity contribution is 0.0962. The van der Waals surface area contributed by atoms with Crippen molar-refractivity contribution in [3.8, 4) is 5.75 Å². The first-order chi connectivity index (χ1) is 15.7. The lowest BCUT2D eigenvalue weighted by Crippen LogP contribution is -2.31. The van der Waals surface area contributed by atoms with Crippen LogP contribution in [-0.4, -0.2) is 46.2 Å². The zero-order valence-electron chi connectivity index (χ0n) is 21.6. The molecule has 0 bridgehead atoms. The lowest BCUT2D eigenvalue weighted by Gasteiger charge is -2.28. The topological polar surface area (TPSA) is 80.5 Å². The maximum Gasteiger partial charge on any atom is 0.182 e. The normalized spacial score (nSPS) is 13.9. The minimum atomic E-state index is -0.321. The predicted octanol–water partition coefficient (Wildman–Crippen LogP) is 5.91. The maximum atomic E-state index is 13.4. The number of fused-ring (bicyclic) bond motifs is 1. The summed E-state index contributed by atoms with van der Waals surface area (Å²) < 4.78 is 0. The Bertz CT molecular complexity index is 1090. The van der Waals surface area contributed by atoms with Gasteiger partial charge in [-0.25, -0.2) is 4.98 Å². The van der Waals surface area contributed by atoms with Crippen molar-refractivity contribution in [2.45, 2.75) is 72.8 Å². The molecule has 0 aliphatic carbocycles. The fraction of sp³-hybridized carbons (Fsp3) is 0.519. The number of hydrogen-bond donors (Lipinski definition) is 2. The Morgan fingerprint density at radius 3 is 2.09 bits per heavy atom. The zero-order valence-corrected chi connectivity index (χ0v) is 22.4. The standard InChI is InChI=1S/C27H37ClN4O2/c1-9-31(10-2)25-20(28)13-17-14-32(24(29)22(17)30-25)15-21(33)16-11-18(26(3,4)5)23(34)19(12-16)27(6,7)8/h11-13,29,34H,9-10,14-15H2,1-8H3. The highest BCUT2D eigenvalue weighted by Crippen LogP contribution is 2.40. The molecule has 0 saturated heterocycles. The number of ketones is 1. The van der Waals surface area contributed by atoms with Gasteiger partial charge in [-0.2, -0.15) is 0 Å². The van der Waals surface area contributed by atoms with Gasteiger partial charge >= 0.3 is 0 Å². The summed E-state index contributed by atoms with van der Waals surface area (Å²) in [6.45, 7) is 18.3. The minimum Gasteiger partial charge on any atom is -0.507 e. The summed E-state index contributed by atoms with van der Waals surface area (Å²) in [6.07, 6.45) is 0. The molecule has 3 rings (SSSR count). The summed E-state index contributed by atoms with van der Waals surface area (Å²) in [6, 6.07) is 5.47. The van der Waals surface area contributed by atoms with Gasteiger partial charge in [0.25, 0.3) is 0 Å². The molecular formula is C27H37ClN4O2. The average molecular weight is 485 g/mol. The van der Waals surface area contributed by atoms with Crippen molar-refractivity contribution < 1.29 is 9.90 Å². The molecule has 184 valence electrons. The Morgan fingerprint density at radius 2 is 1.62 bits per heavy atom. The number of benzene rings is 1. The number of anilines is 1. The molecule has 2 aromatic rings. The highest BCUT2D eigenvalue weighted by Gasteiger charge is 2.32. The maximum absolute atomic E-state index is 13.4. The summed E-state index contributed by atoms with van der Waals surface area (Å²) in [5, 5.41) is 20.2. The van der Waals surface area contributed by atoms with E-state index < -0.39 is 0 Å². The lowest BCUT2D eigenvalue weighted by atomic mass is 9.78. The number of carbonyl (C=O) groups is 1. The Morgan fingerprint density at radius 1 is 1.09 bits per heavy atom. The minimum absolute atomic E-state index is 0.0609. The van der Waals surface area contributed by atoms with E-state index in [1.807, 2.05) is 61.5 Å². The number of phenolic OH excluding ortho intramolecular Hbond substituents is 1. The van der Waals surface area contributed by atoms with Crippen LogP contribution in [-0.2, 0) is 17.4 Å². The Balaban J connectivity index is 1.93. The second-order valence-electron chi connectivity index (χ2n) is 11.0. The molecule has 1 aliphatic rings. The monoisotopic (exact) mass is 484 g/mol. The first kappa shape index (κ1) is 26.0. The van der Waals surface area contributed by atoms with Crippen LogP contribution < -0.4 is 4.90 Å². The number of aromatic nitrogens is 1. The van der Waals surface area contributed by atoms with Crippen LogP contribution in [0.25, 0.3) is 0 Å². The number of nitrogens with zero attached hydrogens (tertiary/aromatic N) is 3. The molecular weight excluding hydrogens is 448 g/mol. The van der Waals surface area contributed by atoms with Gasteiger partial charge in [0.15, 0.2) is 5.78 Å². The van der Waals surface area contributed by atoms with Crippen molar-refractivity contribution in [2.75, 3.05) is 24.5 Å². The second kappa shape index (κ2) is 9.21. The number of halogens is 1. The van der Waals surface area contributed by atoms with Gasteiger partial charge in [-0.05, 0) is 42.9 Å². The summed E-state index contributed by atoms with van der Waals surface area (Å²) >= 11 is 6.51. The van der Waals surface area contributed by atoms with Crippen LogP contribution in [0.4, 0.5) is 5.82 Å². The van der Waals surface area contributed by atoms with Crippen molar-refractivity contribution in [2.24, 2.45) is 0 Å². The number of Topliss-reactive ketones (excluding diaryl/α,β-unsaturated/α-hetero) is 1. The van der Waals surface area contributed by atoms with E-state index in [0.29, 0.717) is 28.6 Å². The largest absolute Gasteiger partial charge is 0.507 e. The number of nitrogens with one attached hydrogen (secondary N) is 1. The summed E-state index contributed by atoms with van der Waals surface area (Å²) in [5.41, 5.74) is 2.84. The number of carbonyl (C=O) groups excluding carboxylic acids is 1. The first-order valence-corrected chi connectivity index (χ1v) is 12.3. The molecule has 6 nitrogen and oxygen atoms in total. The van der Waals surface area contributed by atoms with Crippen LogP contribution in [0.1, 0.15) is 88.1 Å². The smallest absolute Gasteiger partial charge is 0.182 e. The molecule has 1 aromatic carbocycles. The van der Waals surface area contributed by atoms with E-state index in [1.54, 1.807) is 17.0 Å². The van der Waals surface area contributed by atoms with Gasteiger partial charge in [0.05, 0.1) is 11.6 Å². The van der Waals surface area contributed by atoms with Crippen molar-refractivity contribution in [3.05, 3.63) is 51.2 Å². The van der Waals surface area contributed by atoms with E-state index in [9.17, 15) is 9.90 Å². The third-order valence-corrected chi connectivity index (χ3v) is 6.66. The van der Waals surface area contributed by atoms with Crippen molar-refractivity contribution in [3.63, 3.8) is 0 Å². The Kier molecular flexibility index (Phi) is 7.05. The molecule has 7 heteroatoms. The van der Waals surface area contributed by atoms with E-state index in [1.165, 1.54) is 0 Å². The van der Waals surface area contributed by atoms with Gasteiger partial charge in [0.2, 0.25) is 0 Å². The zero-order chi connectivity index (χ0) is 25.6. The average Bonchev–Trinajstić information content (AvgIpc) is 3.01. The van der Waals surface area contributed by atoms with E-state index in [2.05, 4.69) is 4.90 Å². The summed E-state index contributed by atoms with van der Waals surface area (Å²) in [4.78, 5) is 21.9. The van der Waals surface area contributed by atoms with E-state index in [-0.39, 0.29) is 34.7 Å². The van der Waals surface area contributed by atoms with Gasteiger partial charge in [-0.1, -0.05) is 53.1 Å². The molecule has 34 heavy (non-hydrogen) atoms. The van der Waals surface area contributed by atoms with Crippen LogP contribution in [0.5, 0.6) is 5.75 Å². The summed E-state index contributed by atoms with van der Waals surface area (Å²) in [7, 11) is 0. The van der Waals surface area contributed by atoms with Gasteiger partial charge in [0.1, 0.15) is 23.1 Å². The van der Waals surface area contributed by atoms with Crippen molar-refractivity contribution in [1.29, 1.82) is 5.41 Å². The molecule has 0 saturated carbocycles. The van der Waals surface area contributed by atoms with Gasteiger partial charge in [-0.3, -0.25) is 10.2 Å². The molecule has 0 radical (unpaired) electrons. The molecule has 1 aromatic heterocycles. The van der Waals surface area contributed by atoms with Crippen LogP contribution in [0.3, 0.4) is 0 Å². The SMILES string of the molecule is CCN(CC)c1nc2c(cc1Cl)CN(CC(=O)c1cc(C(C)(C)C)c(O)c(C(C)(C)C)c1)C2=N. The van der Waals surface area contributed by atoms with Crippen molar-refractivity contribution in [1.82, 2.24) is 9.88 Å². The second-order valence-corrected chi connectivity index (χ2v) is 11.4. The highest BCUT2D eigenvalue weighted by atomic mass is 35.5. The number of pyridine rings is 1. The number of amidine groups is 1. The summed E-state index contributed by atoms with van der Waals surface area (Å²) in [5.74, 6) is 1.06. The van der Waals surface area contributed by atoms with Crippen LogP contribution in [0.2, 0.25) is 5.02 Å². The van der Waals surface area contributed by atoms with E-state index in [4.69, 9.17) is 22.0 Å². The van der Waals surface area contributed by atoms with E-state index >= 15 is 0 Å². The third-order valence-electron chi connectivity index (χ3n) is 6.38. The quantitative estimate of drug-likeness (QED) is 0.498. The van der Waals surface area contributed by atoms with Gasteiger partial charge in [-0.15, -0.1) is 0 Å². The molecule has 2 N–H and O–H groups in total. The van der Waals surface area contributed by atoms with Crippen LogP contribution in [0.15, 0.2) is 18.2 Å². The van der Waals surface area contributed by atoms with E-state index in [0.717, 1.165) is 29.8 Å². The fourth-order valence-corrected chi connectivity index (χ4v) is 4.65. The molecule has 1 aliphatic heterocycles. The Hall–Kier alpha value is -2.60. The molecule has 0 atom stereocenters. The van der Waals surface area contributed by atoms with Crippen LogP contribution in [0, 0.1) is 5.41 Å². The Labute approximate surface area is 208 Å². The molecule has 0 amide bonds. The first-order valence-electron chi connectivity index (χ1n) is 11.9.